The second kappa shape index (κ2) is 5.95. The molecular weight excluding hydrogens is 301 g/mol. The summed E-state index contributed by atoms with van der Waals surface area (Å²) in [6.07, 6.45) is 1.99. The van der Waals surface area contributed by atoms with Crippen LogP contribution in [-0.4, -0.2) is 29.3 Å². The molecule has 0 unspecified atom stereocenters. The molecule has 6 heteroatoms. The Morgan fingerprint density at radius 2 is 1.96 bits per heavy atom. The van der Waals surface area contributed by atoms with Gasteiger partial charge in [0.25, 0.3) is 0 Å². The standard InChI is InChI=1S/C17H16FNO4/c1-2-23-17(22)13-8-7-12-14(13)16(21)19(15(12)20)9-10-3-5-11(18)6-4-10/h3-6,8,12,14H,2,7,9H2,1H3/t12-,14-/m0/s1. The summed E-state index contributed by atoms with van der Waals surface area (Å²) in [6.45, 7) is 1.99. The van der Waals surface area contributed by atoms with Gasteiger partial charge in [0.1, 0.15) is 5.82 Å². The number of amides is 2. The van der Waals surface area contributed by atoms with Gasteiger partial charge in [-0.2, -0.15) is 0 Å². The molecule has 2 aliphatic rings. The number of allylic oxidation sites excluding steroid dienone is 1. The predicted octanol–water partition coefficient (Wildman–Crippen LogP) is 1.82. The first-order chi connectivity index (χ1) is 11.0. The average molecular weight is 317 g/mol. The first-order valence-electron chi connectivity index (χ1n) is 7.49. The molecule has 2 amide bonds. The summed E-state index contributed by atoms with van der Waals surface area (Å²) in [5.74, 6) is -2.87. The fraction of sp³-hybridized carbons (Fsp3) is 0.353. The second-order valence-electron chi connectivity index (χ2n) is 5.59. The number of fused-ring (bicyclic) bond motifs is 1. The van der Waals surface area contributed by atoms with Gasteiger partial charge in [-0.25, -0.2) is 9.18 Å². The van der Waals surface area contributed by atoms with Crippen molar-refractivity contribution in [2.75, 3.05) is 6.61 Å². The van der Waals surface area contributed by atoms with E-state index in [-0.39, 0.29) is 36.4 Å². The SMILES string of the molecule is CCOC(=O)C1=CC[C@@H]2C(=O)N(Cc3ccc(F)cc3)C(=O)[C@H]12. The fourth-order valence-corrected chi connectivity index (χ4v) is 3.11. The summed E-state index contributed by atoms with van der Waals surface area (Å²) in [6, 6.07) is 5.63. The molecule has 1 saturated heterocycles. The van der Waals surface area contributed by atoms with Crippen LogP contribution in [-0.2, 0) is 25.7 Å². The van der Waals surface area contributed by atoms with Crippen molar-refractivity contribution >= 4 is 17.8 Å². The average Bonchev–Trinajstić information content (AvgIpc) is 3.06. The van der Waals surface area contributed by atoms with Crippen molar-refractivity contribution in [1.82, 2.24) is 4.90 Å². The molecule has 1 aromatic rings. The van der Waals surface area contributed by atoms with Crippen LogP contribution in [0, 0.1) is 17.7 Å². The zero-order chi connectivity index (χ0) is 16.6. The summed E-state index contributed by atoms with van der Waals surface area (Å²) in [7, 11) is 0. The Bertz CT molecular complexity index is 695. The molecule has 0 N–H and O–H groups in total. The number of rotatable bonds is 4. The number of halogens is 1. The van der Waals surface area contributed by atoms with Gasteiger partial charge < -0.3 is 4.74 Å². The van der Waals surface area contributed by atoms with Crippen LogP contribution in [0.4, 0.5) is 4.39 Å². The number of likely N-dealkylation sites (tertiary alicyclic amines) is 1. The van der Waals surface area contributed by atoms with Gasteiger partial charge in [0, 0.05) is 5.57 Å². The summed E-state index contributed by atoms with van der Waals surface area (Å²) in [4.78, 5) is 38.1. The molecule has 0 spiro atoms. The van der Waals surface area contributed by atoms with Gasteiger partial charge >= 0.3 is 5.97 Å². The van der Waals surface area contributed by atoms with Gasteiger partial charge in [0.15, 0.2) is 0 Å². The highest BCUT2D eigenvalue weighted by Gasteiger charge is 2.52. The molecule has 0 bridgehead atoms. The first kappa shape index (κ1) is 15.4. The maximum absolute atomic E-state index is 12.9. The van der Waals surface area contributed by atoms with Crippen LogP contribution in [0.25, 0.3) is 0 Å². The van der Waals surface area contributed by atoms with E-state index >= 15 is 0 Å². The van der Waals surface area contributed by atoms with E-state index in [1.807, 2.05) is 0 Å². The second-order valence-corrected chi connectivity index (χ2v) is 5.59. The number of imide groups is 1. The summed E-state index contributed by atoms with van der Waals surface area (Å²) >= 11 is 0. The van der Waals surface area contributed by atoms with Gasteiger partial charge in [-0.1, -0.05) is 18.2 Å². The van der Waals surface area contributed by atoms with Gasteiger partial charge in [0.2, 0.25) is 11.8 Å². The van der Waals surface area contributed by atoms with Crippen molar-refractivity contribution in [3.63, 3.8) is 0 Å². The number of carbonyl (C=O) groups excluding carboxylic acids is 3. The third-order valence-corrected chi connectivity index (χ3v) is 4.21. The lowest BCUT2D eigenvalue weighted by molar-refractivity contribution is -0.143. The molecule has 23 heavy (non-hydrogen) atoms. The van der Waals surface area contributed by atoms with E-state index in [9.17, 15) is 18.8 Å². The minimum absolute atomic E-state index is 0.0844. The lowest BCUT2D eigenvalue weighted by Gasteiger charge is -2.16. The molecule has 1 aromatic carbocycles. The molecule has 1 fully saturated rings. The molecular formula is C17H16FNO4. The summed E-state index contributed by atoms with van der Waals surface area (Å²) in [5, 5.41) is 0. The van der Waals surface area contributed by atoms with Crippen LogP contribution in [0.2, 0.25) is 0 Å². The zero-order valence-electron chi connectivity index (χ0n) is 12.6. The minimum Gasteiger partial charge on any atom is -0.463 e. The third-order valence-electron chi connectivity index (χ3n) is 4.21. The smallest absolute Gasteiger partial charge is 0.334 e. The van der Waals surface area contributed by atoms with Crippen molar-refractivity contribution in [1.29, 1.82) is 0 Å². The number of nitrogens with zero attached hydrogens (tertiary/aromatic N) is 1. The molecule has 0 saturated carbocycles. The molecule has 0 aromatic heterocycles. The number of ether oxygens (including phenoxy) is 1. The molecule has 2 atom stereocenters. The van der Waals surface area contributed by atoms with E-state index < -0.39 is 17.8 Å². The quantitative estimate of drug-likeness (QED) is 0.628. The predicted molar refractivity (Wildman–Crippen MR) is 78.3 cm³/mol. The Balaban J connectivity index is 1.79. The lowest BCUT2D eigenvalue weighted by atomic mass is 9.94. The van der Waals surface area contributed by atoms with Crippen LogP contribution in [0.5, 0.6) is 0 Å². The molecule has 3 rings (SSSR count). The zero-order valence-corrected chi connectivity index (χ0v) is 12.6. The number of carbonyl (C=O) groups is 3. The van der Waals surface area contributed by atoms with Crippen LogP contribution in [0.15, 0.2) is 35.9 Å². The summed E-state index contributed by atoms with van der Waals surface area (Å²) in [5.41, 5.74) is 0.937. The Morgan fingerprint density at radius 3 is 2.61 bits per heavy atom. The lowest BCUT2D eigenvalue weighted by Crippen LogP contribution is -2.31. The molecule has 120 valence electrons. The Morgan fingerprint density at radius 1 is 1.26 bits per heavy atom. The Hall–Kier alpha value is -2.50. The number of hydrogen-bond acceptors (Lipinski definition) is 4. The van der Waals surface area contributed by atoms with Crippen molar-refractivity contribution in [2.45, 2.75) is 19.9 Å². The number of esters is 1. The van der Waals surface area contributed by atoms with Crippen LogP contribution in [0.1, 0.15) is 18.9 Å². The highest BCUT2D eigenvalue weighted by Crippen LogP contribution is 2.41. The Kier molecular flexibility index (Phi) is 3.98. The maximum atomic E-state index is 12.9. The highest BCUT2D eigenvalue weighted by molar-refractivity contribution is 6.11. The van der Waals surface area contributed by atoms with Gasteiger partial charge in [0.05, 0.1) is 25.0 Å². The van der Waals surface area contributed by atoms with Crippen molar-refractivity contribution in [3.05, 3.63) is 47.3 Å². The molecule has 1 aliphatic heterocycles. The first-order valence-corrected chi connectivity index (χ1v) is 7.49. The van der Waals surface area contributed by atoms with Crippen molar-refractivity contribution in [3.8, 4) is 0 Å². The largest absolute Gasteiger partial charge is 0.463 e. The normalized spacial score (nSPS) is 23.0. The third kappa shape index (κ3) is 2.65. The monoisotopic (exact) mass is 317 g/mol. The fourth-order valence-electron chi connectivity index (χ4n) is 3.11. The molecule has 0 radical (unpaired) electrons. The highest BCUT2D eigenvalue weighted by atomic mass is 19.1. The van der Waals surface area contributed by atoms with Crippen molar-refractivity contribution < 1.29 is 23.5 Å². The van der Waals surface area contributed by atoms with E-state index in [0.29, 0.717) is 12.0 Å². The van der Waals surface area contributed by atoms with Gasteiger partial charge in [-0.05, 0) is 31.0 Å². The van der Waals surface area contributed by atoms with Crippen LogP contribution >= 0.6 is 0 Å². The number of benzene rings is 1. The molecule has 1 heterocycles. The van der Waals surface area contributed by atoms with E-state index in [1.165, 1.54) is 24.3 Å². The Labute approximate surface area is 132 Å². The topological polar surface area (TPSA) is 63.7 Å². The van der Waals surface area contributed by atoms with Crippen molar-refractivity contribution in [2.24, 2.45) is 11.8 Å². The maximum Gasteiger partial charge on any atom is 0.334 e. The van der Waals surface area contributed by atoms with Crippen LogP contribution in [0.3, 0.4) is 0 Å². The van der Waals surface area contributed by atoms with E-state index in [2.05, 4.69) is 0 Å². The molecule has 1 aliphatic carbocycles. The van der Waals surface area contributed by atoms with Crippen LogP contribution < -0.4 is 0 Å². The number of hydrogen-bond donors (Lipinski definition) is 0. The minimum atomic E-state index is -0.748. The molecule has 5 nitrogen and oxygen atoms in total. The van der Waals surface area contributed by atoms with Gasteiger partial charge in [-0.15, -0.1) is 0 Å². The van der Waals surface area contributed by atoms with E-state index in [1.54, 1.807) is 13.0 Å². The van der Waals surface area contributed by atoms with E-state index in [4.69, 9.17) is 4.74 Å². The summed E-state index contributed by atoms with van der Waals surface area (Å²) < 4.78 is 17.9. The van der Waals surface area contributed by atoms with Gasteiger partial charge in [-0.3, -0.25) is 14.5 Å². The van der Waals surface area contributed by atoms with E-state index in [0.717, 1.165) is 4.90 Å².